The van der Waals surface area contributed by atoms with Crippen LogP contribution in [0, 0.1) is 0 Å². The summed E-state index contributed by atoms with van der Waals surface area (Å²) < 4.78 is 1.97. The van der Waals surface area contributed by atoms with Gasteiger partial charge in [-0.2, -0.15) is 5.10 Å². The van der Waals surface area contributed by atoms with Crippen molar-refractivity contribution in [2.75, 3.05) is 6.54 Å². The Morgan fingerprint density at radius 1 is 1.33 bits per heavy atom. The van der Waals surface area contributed by atoms with Crippen molar-refractivity contribution in [1.29, 1.82) is 0 Å². The number of hydrogen-bond donors (Lipinski definition) is 1. The van der Waals surface area contributed by atoms with Gasteiger partial charge in [0.25, 0.3) is 0 Å². The number of thiazole rings is 1. The van der Waals surface area contributed by atoms with E-state index in [9.17, 15) is 0 Å². The quantitative estimate of drug-likeness (QED) is 0.716. The molecule has 3 aromatic rings. The molecule has 0 bridgehead atoms. The lowest BCUT2D eigenvalue weighted by molar-refractivity contribution is 0.561. The molecule has 1 atom stereocenters. The molecule has 0 aliphatic carbocycles. The highest BCUT2D eigenvalue weighted by Gasteiger charge is 2.26. The predicted octanol–water partition coefficient (Wildman–Crippen LogP) is 1.42. The summed E-state index contributed by atoms with van der Waals surface area (Å²) in [5, 5.41) is 7.85. The minimum absolute atomic E-state index is 0.241. The van der Waals surface area contributed by atoms with E-state index in [0.29, 0.717) is 0 Å². The maximum atomic E-state index is 4.30. The van der Waals surface area contributed by atoms with E-state index in [1.807, 2.05) is 16.9 Å². The molecule has 1 aliphatic heterocycles. The van der Waals surface area contributed by atoms with Crippen molar-refractivity contribution in [2.24, 2.45) is 0 Å². The summed E-state index contributed by atoms with van der Waals surface area (Å²) in [5.41, 5.74) is 2.53. The lowest BCUT2D eigenvalue weighted by Crippen LogP contribution is -2.30. The molecule has 6 heteroatoms. The number of pyridine rings is 1. The molecule has 1 aliphatic rings. The number of nitrogens with one attached hydrogen (secondary N) is 1. The van der Waals surface area contributed by atoms with Crippen molar-refractivity contribution in [2.45, 2.75) is 12.5 Å². The third-order valence-corrected chi connectivity index (χ3v) is 4.42. The summed E-state index contributed by atoms with van der Waals surface area (Å²) in [7, 11) is 0. The molecule has 0 spiro atoms. The van der Waals surface area contributed by atoms with Crippen molar-refractivity contribution in [3.05, 3.63) is 47.0 Å². The summed E-state index contributed by atoms with van der Waals surface area (Å²) in [6, 6.07) is 4.36. The lowest BCUT2D eigenvalue weighted by Gasteiger charge is -2.23. The zero-order valence-corrected chi connectivity index (χ0v) is 10.4. The van der Waals surface area contributed by atoms with Crippen molar-refractivity contribution in [3.63, 3.8) is 0 Å². The molecular weight excluding hydrogens is 246 g/mol. The molecule has 3 aromatic heterocycles. The summed E-state index contributed by atoms with van der Waals surface area (Å²) in [5.74, 6) is 0. The second-order valence-corrected chi connectivity index (χ2v) is 5.29. The fourth-order valence-electron chi connectivity index (χ4n) is 2.45. The van der Waals surface area contributed by atoms with Crippen LogP contribution in [0.5, 0.6) is 0 Å². The fraction of sp³-hybridized carbons (Fsp3) is 0.250. The molecule has 0 radical (unpaired) electrons. The second kappa shape index (κ2) is 3.86. The standard InChI is InChI=1S/C12H11N5S/c1-4-13-5-2-8(1)10-11-9(3-6-14-10)17-12(18-11)15-7-16-17/h1-2,4-5,7,10,14H,3,6H2. The Labute approximate surface area is 108 Å². The van der Waals surface area contributed by atoms with Gasteiger partial charge in [-0.3, -0.25) is 4.98 Å². The van der Waals surface area contributed by atoms with Gasteiger partial charge < -0.3 is 5.32 Å². The fourth-order valence-corrected chi connectivity index (χ4v) is 3.64. The molecule has 0 aromatic carbocycles. The first kappa shape index (κ1) is 10.2. The summed E-state index contributed by atoms with van der Waals surface area (Å²) in [4.78, 5) is 10.7. The summed E-state index contributed by atoms with van der Waals surface area (Å²) >= 11 is 1.72. The SMILES string of the molecule is c1cc(C2NCCc3c2sc2ncnn32)ccn1. The normalized spacial score (nSPS) is 19.0. The van der Waals surface area contributed by atoms with Crippen molar-refractivity contribution in [3.8, 4) is 0 Å². The minimum atomic E-state index is 0.241. The molecule has 0 amide bonds. The number of hydrogen-bond acceptors (Lipinski definition) is 5. The zero-order chi connectivity index (χ0) is 11.9. The summed E-state index contributed by atoms with van der Waals surface area (Å²) in [6.45, 7) is 0.964. The van der Waals surface area contributed by atoms with E-state index < -0.39 is 0 Å². The van der Waals surface area contributed by atoms with Gasteiger partial charge in [0.15, 0.2) is 0 Å². The molecule has 1 unspecified atom stereocenters. The van der Waals surface area contributed by atoms with Crippen LogP contribution in [0.1, 0.15) is 22.2 Å². The topological polar surface area (TPSA) is 55.1 Å². The van der Waals surface area contributed by atoms with Gasteiger partial charge in [-0.25, -0.2) is 9.50 Å². The molecule has 5 nitrogen and oxygen atoms in total. The molecule has 4 heterocycles. The minimum Gasteiger partial charge on any atom is -0.305 e. The number of fused-ring (bicyclic) bond motifs is 3. The van der Waals surface area contributed by atoms with Gasteiger partial charge in [-0.1, -0.05) is 11.3 Å². The van der Waals surface area contributed by atoms with Crippen LogP contribution in [0.15, 0.2) is 30.9 Å². The lowest BCUT2D eigenvalue weighted by atomic mass is 10.0. The van der Waals surface area contributed by atoms with Gasteiger partial charge in [0, 0.05) is 25.4 Å². The first-order chi connectivity index (χ1) is 8.93. The highest BCUT2D eigenvalue weighted by molar-refractivity contribution is 7.17. The second-order valence-electron chi connectivity index (χ2n) is 4.29. The van der Waals surface area contributed by atoms with Crippen LogP contribution in [-0.2, 0) is 6.42 Å². The summed E-state index contributed by atoms with van der Waals surface area (Å²) in [6.07, 6.45) is 6.29. The Morgan fingerprint density at radius 3 is 3.11 bits per heavy atom. The van der Waals surface area contributed by atoms with Crippen LogP contribution in [0.3, 0.4) is 0 Å². The monoisotopic (exact) mass is 257 g/mol. The first-order valence-electron chi connectivity index (χ1n) is 5.88. The molecular formula is C12H11N5S. The molecule has 18 heavy (non-hydrogen) atoms. The van der Waals surface area contributed by atoms with E-state index in [2.05, 4.69) is 32.5 Å². The van der Waals surface area contributed by atoms with E-state index in [1.165, 1.54) is 16.1 Å². The number of aromatic nitrogens is 4. The van der Waals surface area contributed by atoms with E-state index in [0.717, 1.165) is 17.9 Å². The average molecular weight is 257 g/mol. The highest BCUT2D eigenvalue weighted by atomic mass is 32.1. The largest absolute Gasteiger partial charge is 0.305 e. The van der Waals surface area contributed by atoms with Gasteiger partial charge in [0.05, 0.1) is 16.6 Å². The van der Waals surface area contributed by atoms with Crippen LogP contribution < -0.4 is 5.32 Å². The van der Waals surface area contributed by atoms with Crippen molar-refractivity contribution in [1.82, 2.24) is 24.9 Å². The first-order valence-corrected chi connectivity index (χ1v) is 6.70. The number of nitrogens with zero attached hydrogens (tertiary/aromatic N) is 4. The highest BCUT2D eigenvalue weighted by Crippen LogP contribution is 2.34. The van der Waals surface area contributed by atoms with Crippen LogP contribution in [0.25, 0.3) is 4.96 Å². The third kappa shape index (κ3) is 1.39. The van der Waals surface area contributed by atoms with E-state index in [4.69, 9.17) is 0 Å². The maximum absolute atomic E-state index is 4.30. The van der Waals surface area contributed by atoms with Gasteiger partial charge in [0.1, 0.15) is 6.33 Å². The number of rotatable bonds is 1. The maximum Gasteiger partial charge on any atom is 0.212 e. The van der Waals surface area contributed by atoms with Crippen LogP contribution in [-0.4, -0.2) is 26.1 Å². The Balaban J connectivity index is 1.89. The molecule has 1 N–H and O–H groups in total. The van der Waals surface area contributed by atoms with Gasteiger partial charge >= 0.3 is 0 Å². The van der Waals surface area contributed by atoms with Crippen LogP contribution in [0.4, 0.5) is 0 Å². The molecule has 90 valence electrons. The smallest absolute Gasteiger partial charge is 0.212 e. The molecule has 0 saturated heterocycles. The van der Waals surface area contributed by atoms with Gasteiger partial charge in [0.2, 0.25) is 4.96 Å². The van der Waals surface area contributed by atoms with E-state index >= 15 is 0 Å². The Hall–Kier alpha value is -1.79. The van der Waals surface area contributed by atoms with Crippen LogP contribution in [0.2, 0.25) is 0 Å². The Morgan fingerprint density at radius 2 is 2.22 bits per heavy atom. The molecule has 0 fully saturated rings. The van der Waals surface area contributed by atoms with Crippen molar-refractivity contribution < 1.29 is 0 Å². The molecule has 4 rings (SSSR count). The molecule has 0 saturated carbocycles. The third-order valence-electron chi connectivity index (χ3n) is 3.27. The zero-order valence-electron chi connectivity index (χ0n) is 9.58. The van der Waals surface area contributed by atoms with E-state index in [1.54, 1.807) is 17.7 Å². The van der Waals surface area contributed by atoms with Gasteiger partial charge in [-0.15, -0.1) is 0 Å². The Bertz CT molecular complexity index is 687. The van der Waals surface area contributed by atoms with Crippen LogP contribution >= 0.6 is 11.3 Å². The van der Waals surface area contributed by atoms with Gasteiger partial charge in [-0.05, 0) is 17.7 Å². The average Bonchev–Trinajstić information content (AvgIpc) is 3.00. The Kier molecular flexibility index (Phi) is 2.18. The predicted molar refractivity (Wildman–Crippen MR) is 68.7 cm³/mol. The van der Waals surface area contributed by atoms with E-state index in [-0.39, 0.29) is 6.04 Å². The van der Waals surface area contributed by atoms with Crippen molar-refractivity contribution >= 4 is 16.3 Å².